The Hall–Kier alpha value is -2.66. The quantitative estimate of drug-likeness (QED) is 0.752. The van der Waals surface area contributed by atoms with Crippen molar-refractivity contribution in [3.63, 3.8) is 0 Å². The maximum Gasteiger partial charge on any atom is 0.326 e. The van der Waals surface area contributed by atoms with E-state index in [0.29, 0.717) is 12.6 Å². The van der Waals surface area contributed by atoms with Crippen molar-refractivity contribution < 1.29 is 9.59 Å². The summed E-state index contributed by atoms with van der Waals surface area (Å²) in [4.78, 5) is 29.7. The molecule has 2 aliphatic heterocycles. The fourth-order valence-corrected chi connectivity index (χ4v) is 5.38. The van der Waals surface area contributed by atoms with Crippen molar-refractivity contribution in [2.75, 3.05) is 19.8 Å². The van der Waals surface area contributed by atoms with E-state index in [2.05, 4.69) is 52.7 Å². The number of carbonyl (C=O) groups excluding carboxylic acids is 2. The molecule has 2 aromatic rings. The van der Waals surface area contributed by atoms with Crippen molar-refractivity contribution in [3.05, 3.63) is 70.8 Å². The maximum atomic E-state index is 13.3. The number of piperidine rings is 1. The molecular formula is C26H31N3O2. The van der Waals surface area contributed by atoms with Crippen molar-refractivity contribution >= 4 is 11.9 Å². The van der Waals surface area contributed by atoms with Crippen LogP contribution in [0.2, 0.25) is 0 Å². The summed E-state index contributed by atoms with van der Waals surface area (Å²) in [6.07, 6.45) is 6.64. The Morgan fingerprint density at radius 1 is 1.00 bits per heavy atom. The van der Waals surface area contributed by atoms with Crippen LogP contribution in [0.3, 0.4) is 0 Å². The highest BCUT2D eigenvalue weighted by molar-refractivity contribution is 6.07. The molecule has 0 radical (unpaired) electrons. The van der Waals surface area contributed by atoms with E-state index in [1.165, 1.54) is 28.0 Å². The lowest BCUT2D eigenvalue weighted by molar-refractivity contribution is -0.132. The average Bonchev–Trinajstić information content (AvgIpc) is 3.34. The average molecular weight is 418 g/mol. The van der Waals surface area contributed by atoms with Crippen molar-refractivity contribution in [1.29, 1.82) is 0 Å². The van der Waals surface area contributed by atoms with E-state index in [9.17, 15) is 9.59 Å². The van der Waals surface area contributed by atoms with Crippen LogP contribution in [0.1, 0.15) is 48.4 Å². The number of nitrogens with one attached hydrogen (secondary N) is 1. The molecule has 5 nitrogen and oxygen atoms in total. The number of nitrogens with zero attached hydrogens (tertiary/aromatic N) is 2. The molecule has 2 heterocycles. The number of carbonyl (C=O) groups is 2. The van der Waals surface area contributed by atoms with Crippen LogP contribution in [0.4, 0.5) is 4.79 Å². The number of likely N-dealkylation sites (tertiary alicyclic amines) is 1. The summed E-state index contributed by atoms with van der Waals surface area (Å²) in [6.45, 7) is 4.06. The number of benzene rings is 2. The van der Waals surface area contributed by atoms with E-state index in [1.54, 1.807) is 0 Å². The monoisotopic (exact) mass is 417 g/mol. The third kappa shape index (κ3) is 3.87. The summed E-state index contributed by atoms with van der Waals surface area (Å²) in [6, 6.07) is 16.6. The first-order valence-corrected chi connectivity index (χ1v) is 11.6. The van der Waals surface area contributed by atoms with Gasteiger partial charge in [0.1, 0.15) is 5.54 Å². The normalized spacial score (nSPS) is 24.5. The van der Waals surface area contributed by atoms with Crippen LogP contribution in [0, 0.1) is 5.92 Å². The second-order valence-electron chi connectivity index (χ2n) is 9.52. The molecule has 0 aromatic heterocycles. The van der Waals surface area contributed by atoms with Gasteiger partial charge >= 0.3 is 6.03 Å². The van der Waals surface area contributed by atoms with Gasteiger partial charge < -0.3 is 5.32 Å². The number of urea groups is 1. The Morgan fingerprint density at radius 2 is 1.74 bits per heavy atom. The molecule has 2 saturated heterocycles. The number of imide groups is 1. The number of amides is 3. The van der Waals surface area contributed by atoms with Crippen LogP contribution in [0.25, 0.3) is 0 Å². The van der Waals surface area contributed by atoms with Gasteiger partial charge in [-0.15, -0.1) is 0 Å². The lowest BCUT2D eigenvalue weighted by atomic mass is 9.89. The highest BCUT2D eigenvalue weighted by atomic mass is 16.2. The van der Waals surface area contributed by atoms with Crippen molar-refractivity contribution in [1.82, 2.24) is 15.1 Å². The molecule has 2 fully saturated rings. The van der Waals surface area contributed by atoms with E-state index in [1.807, 2.05) is 13.0 Å². The topological polar surface area (TPSA) is 52.7 Å². The standard InChI is InChI=1S/C26H31N3O2/c1-26(23-11-10-21-8-5-9-22(21)17-23)24(30)29(25(31)27-26)18-28-14-12-20(13-15-28)16-19-6-3-2-4-7-19/h2-4,6-7,10-11,17,20H,5,8-9,12-16,18H2,1H3,(H,27,31). The Kier molecular flexibility index (Phi) is 5.30. The van der Waals surface area contributed by atoms with E-state index in [0.717, 1.165) is 50.8 Å². The highest BCUT2D eigenvalue weighted by Gasteiger charge is 2.49. The van der Waals surface area contributed by atoms with Gasteiger partial charge in [0.05, 0.1) is 6.67 Å². The summed E-state index contributed by atoms with van der Waals surface area (Å²) in [7, 11) is 0. The zero-order valence-corrected chi connectivity index (χ0v) is 18.3. The Morgan fingerprint density at radius 3 is 2.52 bits per heavy atom. The fourth-order valence-electron chi connectivity index (χ4n) is 5.38. The molecule has 1 unspecified atom stereocenters. The van der Waals surface area contributed by atoms with Crippen molar-refractivity contribution in [3.8, 4) is 0 Å². The molecule has 0 bridgehead atoms. The first kappa shape index (κ1) is 20.3. The fraction of sp³-hybridized carbons (Fsp3) is 0.462. The first-order chi connectivity index (χ1) is 15.0. The van der Waals surface area contributed by atoms with E-state index >= 15 is 0 Å². The third-order valence-electron chi connectivity index (χ3n) is 7.37. The molecule has 0 saturated carbocycles. The number of rotatable bonds is 5. The molecule has 2 aromatic carbocycles. The smallest absolute Gasteiger partial charge is 0.319 e. The Balaban J connectivity index is 1.22. The van der Waals surface area contributed by atoms with Gasteiger partial charge in [-0.1, -0.05) is 48.5 Å². The molecule has 1 aliphatic carbocycles. The second kappa shape index (κ2) is 8.12. The van der Waals surface area contributed by atoms with Crippen molar-refractivity contribution in [2.24, 2.45) is 5.92 Å². The minimum Gasteiger partial charge on any atom is -0.319 e. The molecule has 0 spiro atoms. The van der Waals surface area contributed by atoms with Gasteiger partial charge in [-0.25, -0.2) is 9.69 Å². The van der Waals surface area contributed by atoms with E-state index in [-0.39, 0.29) is 11.9 Å². The molecule has 31 heavy (non-hydrogen) atoms. The van der Waals surface area contributed by atoms with Crippen LogP contribution in [-0.2, 0) is 29.6 Å². The molecule has 5 heteroatoms. The lowest BCUT2D eigenvalue weighted by Crippen LogP contribution is -2.46. The summed E-state index contributed by atoms with van der Waals surface area (Å²) >= 11 is 0. The predicted octanol–water partition coefficient (Wildman–Crippen LogP) is 3.85. The van der Waals surface area contributed by atoms with Gasteiger partial charge in [0.15, 0.2) is 0 Å². The molecular weight excluding hydrogens is 386 g/mol. The molecule has 1 atom stereocenters. The van der Waals surface area contributed by atoms with Crippen molar-refractivity contribution in [2.45, 2.75) is 51.0 Å². The van der Waals surface area contributed by atoms with Crippen LogP contribution < -0.4 is 5.32 Å². The summed E-state index contributed by atoms with van der Waals surface area (Å²) < 4.78 is 0. The number of hydrogen-bond acceptors (Lipinski definition) is 3. The molecule has 3 aliphatic rings. The largest absolute Gasteiger partial charge is 0.326 e. The Labute approximate surface area is 184 Å². The van der Waals surface area contributed by atoms with Gasteiger partial charge in [-0.2, -0.15) is 0 Å². The molecule has 162 valence electrons. The molecule has 5 rings (SSSR count). The van der Waals surface area contributed by atoms with Crippen LogP contribution in [0.5, 0.6) is 0 Å². The minimum absolute atomic E-state index is 0.137. The zero-order chi connectivity index (χ0) is 21.4. The van der Waals surface area contributed by atoms with Gasteiger partial charge in [0.2, 0.25) is 0 Å². The van der Waals surface area contributed by atoms with E-state index < -0.39 is 5.54 Å². The second-order valence-corrected chi connectivity index (χ2v) is 9.52. The van der Waals surface area contributed by atoms with Crippen LogP contribution >= 0.6 is 0 Å². The first-order valence-electron chi connectivity index (χ1n) is 11.6. The summed E-state index contributed by atoms with van der Waals surface area (Å²) in [5, 5.41) is 2.98. The third-order valence-corrected chi connectivity index (χ3v) is 7.37. The molecule has 3 amide bonds. The maximum absolute atomic E-state index is 13.3. The highest BCUT2D eigenvalue weighted by Crippen LogP contribution is 2.33. The van der Waals surface area contributed by atoms with Gasteiger partial charge in [-0.05, 0) is 73.6 Å². The minimum atomic E-state index is -0.972. The predicted molar refractivity (Wildman–Crippen MR) is 121 cm³/mol. The van der Waals surface area contributed by atoms with Crippen LogP contribution in [0.15, 0.2) is 48.5 Å². The summed E-state index contributed by atoms with van der Waals surface area (Å²) in [5.41, 5.74) is 4.01. The zero-order valence-electron chi connectivity index (χ0n) is 18.3. The number of hydrogen-bond donors (Lipinski definition) is 1. The van der Waals surface area contributed by atoms with E-state index in [4.69, 9.17) is 0 Å². The SMILES string of the molecule is CC1(c2ccc3c(c2)CCC3)NC(=O)N(CN2CCC(Cc3ccccc3)CC2)C1=O. The van der Waals surface area contributed by atoms with Gasteiger partial charge in [-0.3, -0.25) is 9.69 Å². The Bertz CT molecular complexity index is 981. The molecule has 1 N–H and O–H groups in total. The number of aryl methyl sites for hydroxylation is 2. The summed E-state index contributed by atoms with van der Waals surface area (Å²) in [5.74, 6) is 0.528. The number of fused-ring (bicyclic) bond motifs is 1. The lowest BCUT2D eigenvalue weighted by Gasteiger charge is -2.34. The van der Waals surface area contributed by atoms with Crippen LogP contribution in [-0.4, -0.2) is 41.5 Å². The van der Waals surface area contributed by atoms with Gasteiger partial charge in [0.25, 0.3) is 5.91 Å². The van der Waals surface area contributed by atoms with Gasteiger partial charge in [0, 0.05) is 13.1 Å².